The van der Waals surface area contributed by atoms with Crippen LogP contribution in [0.5, 0.6) is 0 Å². The summed E-state index contributed by atoms with van der Waals surface area (Å²) in [5.41, 5.74) is 2.77. The van der Waals surface area contributed by atoms with Gasteiger partial charge in [0.1, 0.15) is 0 Å². The molecule has 1 aliphatic heterocycles. The molecule has 0 spiro atoms. The second-order valence-corrected chi connectivity index (χ2v) is 5.02. The molecule has 0 amide bonds. The molecule has 3 N–H and O–H groups in total. The molecule has 1 atom stereocenters. The average molecular weight is 240 g/mol. The van der Waals surface area contributed by atoms with E-state index in [0.29, 0.717) is 6.04 Å². The van der Waals surface area contributed by atoms with Gasteiger partial charge in [0, 0.05) is 19.7 Å². The fourth-order valence-electron chi connectivity index (χ4n) is 2.60. The van der Waals surface area contributed by atoms with Crippen LogP contribution >= 0.6 is 0 Å². The van der Waals surface area contributed by atoms with Gasteiger partial charge in [0.05, 0.1) is 12.1 Å². The van der Waals surface area contributed by atoms with E-state index in [1.165, 1.54) is 25.7 Å². The number of hydrazine groups is 1. The zero-order valence-corrected chi connectivity index (χ0v) is 10.7. The number of ether oxygens (including phenoxy) is 1. The Hall–Kier alpha value is -0.810. The van der Waals surface area contributed by atoms with Crippen molar-refractivity contribution < 1.29 is 4.74 Å². The standard InChI is InChI=1S/C12H24N4O/c1-10-9-16(7-4-8-17-10)12(15-13)14-11-5-2-3-6-11/h10-11H,2-9,13H2,1H3,(H,14,15). The van der Waals surface area contributed by atoms with Crippen molar-refractivity contribution in [2.75, 3.05) is 19.7 Å². The van der Waals surface area contributed by atoms with Crippen LogP contribution in [-0.4, -0.2) is 42.7 Å². The monoisotopic (exact) mass is 240 g/mol. The van der Waals surface area contributed by atoms with Gasteiger partial charge in [-0.2, -0.15) is 0 Å². The maximum Gasteiger partial charge on any atom is 0.208 e. The molecule has 5 nitrogen and oxygen atoms in total. The molecule has 2 aliphatic rings. The first kappa shape index (κ1) is 12.6. The Bertz CT molecular complexity index is 263. The van der Waals surface area contributed by atoms with Crippen LogP contribution in [0.1, 0.15) is 39.0 Å². The van der Waals surface area contributed by atoms with Gasteiger partial charge in [0.15, 0.2) is 0 Å². The minimum atomic E-state index is 0.250. The van der Waals surface area contributed by atoms with Crippen LogP contribution in [0, 0.1) is 0 Å². The summed E-state index contributed by atoms with van der Waals surface area (Å²) in [7, 11) is 0. The predicted molar refractivity (Wildman–Crippen MR) is 68.6 cm³/mol. The molecule has 1 saturated carbocycles. The van der Waals surface area contributed by atoms with Crippen LogP contribution in [0.2, 0.25) is 0 Å². The van der Waals surface area contributed by atoms with E-state index >= 15 is 0 Å². The van der Waals surface area contributed by atoms with Crippen molar-refractivity contribution in [3.05, 3.63) is 0 Å². The Morgan fingerprint density at radius 3 is 2.82 bits per heavy atom. The van der Waals surface area contributed by atoms with Crippen molar-refractivity contribution in [3.63, 3.8) is 0 Å². The molecular weight excluding hydrogens is 216 g/mol. The first-order chi connectivity index (χ1) is 8.29. The largest absolute Gasteiger partial charge is 0.377 e. The Morgan fingerprint density at radius 2 is 2.12 bits per heavy atom. The van der Waals surface area contributed by atoms with Crippen LogP contribution in [-0.2, 0) is 4.74 Å². The number of nitrogens with zero attached hydrogens (tertiary/aromatic N) is 2. The van der Waals surface area contributed by atoms with E-state index in [2.05, 4.69) is 17.2 Å². The Balaban J connectivity index is 1.99. The van der Waals surface area contributed by atoms with Crippen molar-refractivity contribution in [2.45, 2.75) is 51.2 Å². The van der Waals surface area contributed by atoms with E-state index in [9.17, 15) is 0 Å². The van der Waals surface area contributed by atoms with Gasteiger partial charge in [-0.25, -0.2) is 10.8 Å². The lowest BCUT2D eigenvalue weighted by molar-refractivity contribution is 0.0740. The lowest BCUT2D eigenvalue weighted by Gasteiger charge is -2.25. The highest BCUT2D eigenvalue weighted by atomic mass is 16.5. The summed E-state index contributed by atoms with van der Waals surface area (Å²) in [4.78, 5) is 6.96. The Labute approximate surface area is 103 Å². The molecule has 1 aliphatic carbocycles. The quantitative estimate of drug-likeness (QED) is 0.309. The molecule has 0 aromatic carbocycles. The van der Waals surface area contributed by atoms with Crippen molar-refractivity contribution in [2.24, 2.45) is 10.8 Å². The molecule has 0 aromatic heterocycles. The van der Waals surface area contributed by atoms with Gasteiger partial charge >= 0.3 is 0 Å². The SMILES string of the molecule is CC1CN(C(=NC2CCCC2)NN)CCCO1. The van der Waals surface area contributed by atoms with Crippen LogP contribution in [0.15, 0.2) is 4.99 Å². The molecule has 0 radical (unpaired) electrons. The lowest BCUT2D eigenvalue weighted by Crippen LogP contribution is -2.47. The van der Waals surface area contributed by atoms with Crippen molar-refractivity contribution >= 4 is 5.96 Å². The maximum absolute atomic E-state index is 5.63. The highest BCUT2D eigenvalue weighted by molar-refractivity contribution is 5.79. The molecule has 17 heavy (non-hydrogen) atoms. The summed E-state index contributed by atoms with van der Waals surface area (Å²) < 4.78 is 5.63. The molecule has 98 valence electrons. The van der Waals surface area contributed by atoms with Crippen LogP contribution < -0.4 is 11.3 Å². The van der Waals surface area contributed by atoms with Gasteiger partial charge in [0.2, 0.25) is 5.96 Å². The predicted octanol–water partition coefficient (Wildman–Crippen LogP) is 0.859. The molecule has 5 heteroatoms. The summed E-state index contributed by atoms with van der Waals surface area (Å²) in [5, 5.41) is 0. The molecule has 1 saturated heterocycles. The highest BCUT2D eigenvalue weighted by Crippen LogP contribution is 2.21. The van der Waals surface area contributed by atoms with Gasteiger partial charge in [-0.3, -0.25) is 5.43 Å². The second kappa shape index (κ2) is 6.21. The smallest absolute Gasteiger partial charge is 0.208 e. The number of hydrogen-bond acceptors (Lipinski definition) is 3. The number of aliphatic imine (C=N–C) groups is 1. The summed E-state index contributed by atoms with van der Waals surface area (Å²) >= 11 is 0. The van der Waals surface area contributed by atoms with Crippen LogP contribution in [0.25, 0.3) is 0 Å². The zero-order valence-electron chi connectivity index (χ0n) is 10.7. The molecule has 1 heterocycles. The van der Waals surface area contributed by atoms with E-state index < -0.39 is 0 Å². The van der Waals surface area contributed by atoms with E-state index in [1.807, 2.05) is 0 Å². The Kier molecular flexibility index (Phi) is 4.62. The average Bonchev–Trinajstić information content (AvgIpc) is 2.74. The maximum atomic E-state index is 5.63. The fraction of sp³-hybridized carbons (Fsp3) is 0.917. The highest BCUT2D eigenvalue weighted by Gasteiger charge is 2.20. The normalized spacial score (nSPS) is 28.2. The van der Waals surface area contributed by atoms with Gasteiger partial charge < -0.3 is 9.64 Å². The Morgan fingerprint density at radius 1 is 1.35 bits per heavy atom. The van der Waals surface area contributed by atoms with Gasteiger partial charge in [-0.05, 0) is 26.2 Å². The first-order valence-electron chi connectivity index (χ1n) is 6.70. The molecule has 0 aromatic rings. The summed E-state index contributed by atoms with van der Waals surface area (Å²) in [5.74, 6) is 6.46. The van der Waals surface area contributed by atoms with E-state index in [4.69, 9.17) is 15.6 Å². The molecule has 1 unspecified atom stereocenters. The lowest BCUT2D eigenvalue weighted by atomic mass is 10.3. The molecular formula is C12H24N4O. The van der Waals surface area contributed by atoms with Crippen molar-refractivity contribution in [3.8, 4) is 0 Å². The molecule has 0 bridgehead atoms. The third kappa shape index (κ3) is 3.57. The van der Waals surface area contributed by atoms with Crippen molar-refractivity contribution in [1.29, 1.82) is 0 Å². The number of nitrogens with two attached hydrogens (primary N) is 1. The zero-order chi connectivity index (χ0) is 12.1. The number of guanidine groups is 1. The number of hydrogen-bond donors (Lipinski definition) is 2. The minimum absolute atomic E-state index is 0.250. The van der Waals surface area contributed by atoms with E-state index in [-0.39, 0.29) is 6.10 Å². The van der Waals surface area contributed by atoms with E-state index in [0.717, 1.165) is 32.1 Å². The first-order valence-corrected chi connectivity index (χ1v) is 6.70. The van der Waals surface area contributed by atoms with Gasteiger partial charge in [0.25, 0.3) is 0 Å². The molecule has 2 rings (SSSR count). The third-order valence-electron chi connectivity index (χ3n) is 3.51. The third-order valence-corrected chi connectivity index (χ3v) is 3.51. The van der Waals surface area contributed by atoms with Gasteiger partial charge in [-0.1, -0.05) is 12.8 Å². The number of rotatable bonds is 1. The summed E-state index contributed by atoms with van der Waals surface area (Å²) in [6, 6.07) is 0.459. The van der Waals surface area contributed by atoms with E-state index in [1.54, 1.807) is 0 Å². The van der Waals surface area contributed by atoms with Crippen LogP contribution in [0.3, 0.4) is 0 Å². The summed E-state index contributed by atoms with van der Waals surface area (Å²) in [6.45, 7) is 4.77. The molecule has 2 fully saturated rings. The van der Waals surface area contributed by atoms with Crippen molar-refractivity contribution in [1.82, 2.24) is 10.3 Å². The minimum Gasteiger partial charge on any atom is -0.377 e. The fourth-order valence-corrected chi connectivity index (χ4v) is 2.60. The second-order valence-electron chi connectivity index (χ2n) is 5.02. The van der Waals surface area contributed by atoms with Crippen LogP contribution in [0.4, 0.5) is 0 Å². The van der Waals surface area contributed by atoms with Gasteiger partial charge in [-0.15, -0.1) is 0 Å². The summed E-state index contributed by atoms with van der Waals surface area (Å²) in [6.07, 6.45) is 6.28. The topological polar surface area (TPSA) is 62.9 Å². The number of nitrogens with one attached hydrogen (secondary N) is 1.